The molecule has 3 aliphatic rings. The number of nitriles is 1. The standard InChI is InChI=1S/C24H21FN2O2.C22H20FNO.C21H24FNO2.C21H25NO4.C20H22FNO/c1-16(20-5-3-4-6-22(20)25)24(28)21-12-11-19(13-23(21)29-2)27-15-18-9-7-17(14-26)8-10-18;1-16(20-9-5-6-10-21(20)23)22(25)18-11-13-19(14-12-18)24-15-17-7-3-2-4-8-17;1-15(17-8-4-5-9-19(17)22)21(24)18-11-10-16(14-20(18)25-2)23-12-6-3-7-13-23;1-15(17-6-9-19(24-2)20(14-17)25-3)21(23)16-4-7-18(8-5-16)22-10-12-26-13-11-22;1-15(18-7-3-4-8-19(18)21)20(23)16-9-11-17(12-10-16)22-13-5-2-6-14-22/h3-13,16,27H,15H2,1-2H3;2-14,16,24H,15H2,1H3;4-5,8-11,14-15H,3,6-7,12-13H2,1-2H3;4-9,14-15H,10-13H2,1-3H3;3-4,7-12,15H,2,5-6,13-14H2,1H3. The molecule has 2 N–H and O–H groups in total. The highest BCUT2D eigenvalue weighted by Gasteiger charge is 2.28. The van der Waals surface area contributed by atoms with Crippen molar-refractivity contribution in [3.05, 3.63) is 375 Å². The quantitative estimate of drug-likeness (QED) is 0.0348. The van der Waals surface area contributed by atoms with Crippen LogP contribution in [0.4, 0.5) is 46.0 Å². The summed E-state index contributed by atoms with van der Waals surface area (Å²) in [5, 5.41) is 15.5. The van der Waals surface area contributed by atoms with Crippen LogP contribution in [-0.4, -0.2) is 110 Å². The fourth-order valence-electron chi connectivity index (χ4n) is 15.7. The molecule has 5 atom stereocenters. The molecule has 3 aliphatic heterocycles. The number of methoxy groups -OCH3 is 4. The molecule has 3 heterocycles. The first-order valence-electron chi connectivity index (χ1n) is 43.5. The molecule has 16 nitrogen and oxygen atoms in total. The maximum absolute atomic E-state index is 14.1. The molecule has 5 unspecified atom stereocenters. The predicted molar refractivity (Wildman–Crippen MR) is 502 cm³/mol. The van der Waals surface area contributed by atoms with Crippen LogP contribution in [0, 0.1) is 34.6 Å². The van der Waals surface area contributed by atoms with Crippen molar-refractivity contribution in [3.63, 3.8) is 0 Å². The minimum absolute atomic E-state index is 0.0414. The molecule has 0 radical (unpaired) electrons. The van der Waals surface area contributed by atoms with E-state index in [1.165, 1.54) is 81.2 Å². The second-order valence-corrected chi connectivity index (χ2v) is 31.8. The van der Waals surface area contributed by atoms with Gasteiger partial charge in [0.15, 0.2) is 40.4 Å². The van der Waals surface area contributed by atoms with Gasteiger partial charge in [0.1, 0.15) is 34.8 Å². The van der Waals surface area contributed by atoms with Crippen LogP contribution in [0.25, 0.3) is 0 Å². The Morgan fingerprint density at radius 1 is 0.344 bits per heavy atom. The summed E-state index contributed by atoms with van der Waals surface area (Å²) >= 11 is 0. The van der Waals surface area contributed by atoms with Crippen molar-refractivity contribution in [1.82, 2.24) is 0 Å². The number of benzene rings is 12. The Morgan fingerprint density at radius 3 is 1.12 bits per heavy atom. The zero-order chi connectivity index (χ0) is 91.0. The molecule has 0 aliphatic carbocycles. The van der Waals surface area contributed by atoms with Crippen molar-refractivity contribution in [1.29, 1.82) is 5.26 Å². The molecule has 0 amide bonds. The fourth-order valence-corrected chi connectivity index (χ4v) is 15.7. The molecule has 20 heteroatoms. The van der Waals surface area contributed by atoms with Gasteiger partial charge in [-0.1, -0.05) is 156 Å². The van der Waals surface area contributed by atoms with Gasteiger partial charge in [0, 0.05) is 139 Å². The summed E-state index contributed by atoms with van der Waals surface area (Å²) in [6.45, 7) is 17.6. The number of piperidine rings is 2. The third-order valence-electron chi connectivity index (χ3n) is 23.5. The molecule has 0 spiro atoms. The van der Waals surface area contributed by atoms with E-state index < -0.39 is 29.5 Å². The lowest BCUT2D eigenvalue weighted by atomic mass is 9.91. The number of morpholine rings is 1. The maximum atomic E-state index is 14.1. The second kappa shape index (κ2) is 47.6. The lowest BCUT2D eigenvalue weighted by Crippen LogP contribution is -2.36. The molecule has 128 heavy (non-hydrogen) atoms. The van der Waals surface area contributed by atoms with Gasteiger partial charge in [-0.3, -0.25) is 24.0 Å². The van der Waals surface area contributed by atoms with Gasteiger partial charge in [0.2, 0.25) is 0 Å². The molecule has 662 valence electrons. The van der Waals surface area contributed by atoms with Crippen LogP contribution >= 0.6 is 0 Å². The number of ether oxygens (including phenoxy) is 5. The number of hydrogen-bond donors (Lipinski definition) is 2. The van der Waals surface area contributed by atoms with Crippen molar-refractivity contribution in [2.75, 3.05) is 106 Å². The Balaban J connectivity index is 0.000000155. The Labute approximate surface area is 749 Å². The third kappa shape index (κ3) is 25.6. The SMILES string of the molecule is CC(C(=O)c1ccc(N2CCCCC2)cc1)c1ccccc1F.CC(C(=O)c1ccc(NCc2ccccc2)cc1)c1ccccc1F.COc1cc(N2CCCCC2)ccc1C(=O)C(C)c1ccccc1F.COc1cc(NCc2ccc(C#N)cc2)ccc1C(=O)C(C)c1ccccc1F.COc1ccc(C(C)C(=O)c2ccc(N3CCOCC3)cc2)cc1OC. The van der Waals surface area contributed by atoms with Crippen molar-refractivity contribution >= 4 is 57.4 Å². The first kappa shape index (κ1) is 95.0. The average molecular weight is 1730 g/mol. The predicted octanol–water partition coefficient (Wildman–Crippen LogP) is 23.9. The van der Waals surface area contributed by atoms with Crippen molar-refractivity contribution in [3.8, 4) is 29.1 Å². The Morgan fingerprint density at radius 2 is 0.695 bits per heavy atom. The van der Waals surface area contributed by atoms with Crippen molar-refractivity contribution < 1.29 is 65.2 Å². The van der Waals surface area contributed by atoms with Crippen LogP contribution in [0.3, 0.4) is 0 Å². The number of carbonyl (C=O) groups excluding carboxylic acids is 5. The number of nitrogens with one attached hydrogen (secondary N) is 2. The zero-order valence-corrected chi connectivity index (χ0v) is 74.1. The van der Waals surface area contributed by atoms with E-state index in [0.717, 1.165) is 92.9 Å². The second-order valence-electron chi connectivity index (χ2n) is 31.8. The minimum Gasteiger partial charge on any atom is -0.496 e. The summed E-state index contributed by atoms with van der Waals surface area (Å²) in [6, 6.07) is 84.6. The minimum atomic E-state index is -0.623. The summed E-state index contributed by atoms with van der Waals surface area (Å²) in [5.41, 5.74) is 13.3. The molecule has 3 saturated heterocycles. The third-order valence-corrected chi connectivity index (χ3v) is 23.5. The van der Waals surface area contributed by atoms with Crippen LogP contribution in [0.15, 0.2) is 279 Å². The van der Waals surface area contributed by atoms with Crippen molar-refractivity contribution in [2.45, 2.75) is 116 Å². The molecular weight excluding hydrogens is 1620 g/mol. The van der Waals surface area contributed by atoms with E-state index in [0.29, 0.717) is 85.2 Å². The van der Waals surface area contributed by atoms with E-state index in [1.807, 2.05) is 134 Å². The zero-order valence-electron chi connectivity index (χ0n) is 74.1. The first-order valence-corrected chi connectivity index (χ1v) is 43.5. The molecule has 12 aromatic carbocycles. The first-order chi connectivity index (χ1) is 62.1. The number of ketones is 5. The molecule has 0 aromatic heterocycles. The lowest BCUT2D eigenvalue weighted by molar-refractivity contribution is 0.0954. The number of anilines is 5. The van der Waals surface area contributed by atoms with E-state index in [9.17, 15) is 41.5 Å². The summed E-state index contributed by atoms with van der Waals surface area (Å²) in [7, 11) is 6.27. The number of Topliss-reactive ketones (excluding diaryl/α,β-unsaturated/α-hetero) is 5. The van der Waals surface area contributed by atoms with Gasteiger partial charge in [0.05, 0.1) is 64.4 Å². The van der Waals surface area contributed by atoms with Crippen LogP contribution in [0.5, 0.6) is 23.0 Å². The lowest BCUT2D eigenvalue weighted by Gasteiger charge is -2.29. The highest BCUT2D eigenvalue weighted by atomic mass is 19.1. The van der Waals surface area contributed by atoms with Crippen LogP contribution in [0.2, 0.25) is 0 Å². The number of nitrogens with zero attached hydrogens (tertiary/aromatic N) is 4. The normalized spacial score (nSPS) is 14.0. The molecule has 15 rings (SSSR count). The number of halogens is 4. The molecule has 12 aromatic rings. The van der Waals surface area contributed by atoms with Crippen LogP contribution < -0.4 is 44.3 Å². The number of carbonyl (C=O) groups is 5. The fraction of sp³-hybridized carbons (Fsp3) is 0.278. The summed E-state index contributed by atoms with van der Waals surface area (Å²) in [6.07, 6.45) is 7.40. The van der Waals surface area contributed by atoms with Gasteiger partial charge in [-0.2, -0.15) is 5.26 Å². The number of rotatable bonds is 28. The smallest absolute Gasteiger partial charge is 0.173 e. The van der Waals surface area contributed by atoms with Gasteiger partial charge >= 0.3 is 0 Å². The molecule has 0 saturated carbocycles. The van der Waals surface area contributed by atoms with Crippen LogP contribution in [-0.2, 0) is 17.8 Å². The highest BCUT2D eigenvalue weighted by Crippen LogP contribution is 2.37. The van der Waals surface area contributed by atoms with Crippen molar-refractivity contribution in [2.24, 2.45) is 0 Å². The largest absolute Gasteiger partial charge is 0.496 e. The summed E-state index contributed by atoms with van der Waals surface area (Å²) in [4.78, 5) is 70.9. The van der Waals surface area contributed by atoms with E-state index in [-0.39, 0.29) is 52.3 Å². The van der Waals surface area contributed by atoms with Crippen LogP contribution in [0.1, 0.15) is 199 Å². The topological polar surface area (TPSA) is 189 Å². The molecule has 3 fully saturated rings. The van der Waals surface area contributed by atoms with Gasteiger partial charge in [0.25, 0.3) is 0 Å². The average Bonchev–Trinajstić information content (AvgIpc) is 0.864. The van der Waals surface area contributed by atoms with Gasteiger partial charge in [-0.25, -0.2) is 17.6 Å². The maximum Gasteiger partial charge on any atom is 0.173 e. The number of hydrogen-bond acceptors (Lipinski definition) is 16. The van der Waals surface area contributed by atoms with E-state index in [2.05, 4.69) is 43.5 Å². The molecular formula is C108H112F4N6O10. The Kier molecular flexibility index (Phi) is 35.4. The van der Waals surface area contributed by atoms with Gasteiger partial charge in [-0.15, -0.1) is 0 Å². The Bertz CT molecular complexity index is 5700. The summed E-state index contributed by atoms with van der Waals surface area (Å²) < 4.78 is 82.7. The Hall–Kier alpha value is -13.6. The van der Waals surface area contributed by atoms with Gasteiger partial charge < -0.3 is 49.0 Å². The monoisotopic (exact) mass is 1730 g/mol. The van der Waals surface area contributed by atoms with E-state index >= 15 is 0 Å². The van der Waals surface area contributed by atoms with E-state index in [1.54, 1.807) is 164 Å². The molecule has 0 bridgehead atoms. The highest BCUT2D eigenvalue weighted by molar-refractivity contribution is 6.05. The van der Waals surface area contributed by atoms with E-state index in [4.69, 9.17) is 28.9 Å². The van der Waals surface area contributed by atoms with Gasteiger partial charge in [-0.05, 0) is 223 Å². The summed E-state index contributed by atoms with van der Waals surface area (Å²) in [5.74, 6) is -1.94.